The van der Waals surface area contributed by atoms with Gasteiger partial charge in [0.1, 0.15) is 6.04 Å². The van der Waals surface area contributed by atoms with Crippen molar-refractivity contribution in [2.45, 2.75) is 70.3 Å². The number of hydrogen-bond acceptors (Lipinski definition) is 2. The minimum atomic E-state index is -0.304. The summed E-state index contributed by atoms with van der Waals surface area (Å²) in [4.78, 5) is 23.7. The molecular weight excluding hydrogens is 240 g/mol. The quantitative estimate of drug-likeness (QED) is 0.819. The van der Waals surface area contributed by atoms with E-state index in [2.05, 4.69) is 10.6 Å². The van der Waals surface area contributed by atoms with Gasteiger partial charge in [-0.1, -0.05) is 32.1 Å². The molecular formula is C15H26N2O2. The summed E-state index contributed by atoms with van der Waals surface area (Å²) < 4.78 is 0. The third-order valence-corrected chi connectivity index (χ3v) is 4.37. The van der Waals surface area contributed by atoms with Crippen molar-refractivity contribution in [3.63, 3.8) is 0 Å². The van der Waals surface area contributed by atoms with E-state index in [4.69, 9.17) is 0 Å². The summed E-state index contributed by atoms with van der Waals surface area (Å²) in [5, 5.41) is 5.75. The number of nitrogens with one attached hydrogen (secondary N) is 2. The van der Waals surface area contributed by atoms with Crippen LogP contribution in [0.15, 0.2) is 0 Å². The average Bonchev–Trinajstić information content (AvgIpc) is 2.63. The van der Waals surface area contributed by atoms with E-state index in [-0.39, 0.29) is 17.9 Å². The zero-order chi connectivity index (χ0) is 13.5. The highest BCUT2D eigenvalue weighted by atomic mass is 16.2. The fraction of sp³-hybridized carbons (Fsp3) is 0.867. The molecule has 0 bridgehead atoms. The Morgan fingerprint density at radius 3 is 2.63 bits per heavy atom. The Kier molecular flexibility index (Phi) is 5.67. The van der Waals surface area contributed by atoms with Crippen LogP contribution < -0.4 is 10.6 Å². The predicted octanol–water partition coefficient (Wildman–Crippen LogP) is 2.13. The number of carbonyl (C=O) groups is 2. The minimum absolute atomic E-state index is 0.0106. The van der Waals surface area contributed by atoms with E-state index in [0.717, 1.165) is 38.1 Å². The first-order chi connectivity index (χ1) is 9.25. The summed E-state index contributed by atoms with van der Waals surface area (Å²) in [5.74, 6) is 0.763. The second-order valence-electron chi connectivity index (χ2n) is 5.95. The molecule has 1 atom stereocenters. The molecule has 4 heteroatoms. The van der Waals surface area contributed by atoms with E-state index in [1.165, 1.54) is 32.1 Å². The summed E-state index contributed by atoms with van der Waals surface area (Å²) in [6.07, 6.45) is 10.9. The maximum absolute atomic E-state index is 11.9. The Hall–Kier alpha value is -1.06. The van der Waals surface area contributed by atoms with Gasteiger partial charge in [0.15, 0.2) is 0 Å². The van der Waals surface area contributed by atoms with Crippen LogP contribution >= 0.6 is 0 Å². The second kappa shape index (κ2) is 7.51. The fourth-order valence-electron chi connectivity index (χ4n) is 3.15. The van der Waals surface area contributed by atoms with Gasteiger partial charge < -0.3 is 10.6 Å². The third kappa shape index (κ3) is 4.84. The van der Waals surface area contributed by atoms with Gasteiger partial charge in [-0.3, -0.25) is 9.59 Å². The van der Waals surface area contributed by atoms with Gasteiger partial charge in [-0.25, -0.2) is 0 Å². The first-order valence-corrected chi connectivity index (χ1v) is 7.83. The van der Waals surface area contributed by atoms with Crippen molar-refractivity contribution >= 4 is 11.8 Å². The van der Waals surface area contributed by atoms with Gasteiger partial charge in [0.05, 0.1) is 0 Å². The zero-order valence-electron chi connectivity index (χ0n) is 11.7. The zero-order valence-corrected chi connectivity index (χ0v) is 11.7. The lowest BCUT2D eigenvalue weighted by atomic mass is 9.86. The molecule has 2 fully saturated rings. The maximum Gasteiger partial charge on any atom is 0.242 e. The Morgan fingerprint density at radius 2 is 1.84 bits per heavy atom. The highest BCUT2D eigenvalue weighted by Gasteiger charge is 2.22. The molecule has 0 aromatic heterocycles. The van der Waals surface area contributed by atoms with Crippen molar-refractivity contribution in [1.29, 1.82) is 0 Å². The Labute approximate surface area is 115 Å². The van der Waals surface area contributed by atoms with Crippen LogP contribution in [0.4, 0.5) is 0 Å². The van der Waals surface area contributed by atoms with Crippen LogP contribution in [-0.4, -0.2) is 24.4 Å². The lowest BCUT2D eigenvalue weighted by molar-refractivity contribution is -0.129. The maximum atomic E-state index is 11.9. The van der Waals surface area contributed by atoms with E-state index in [1.54, 1.807) is 0 Å². The van der Waals surface area contributed by atoms with E-state index in [0.29, 0.717) is 6.42 Å². The summed E-state index contributed by atoms with van der Waals surface area (Å²) in [6, 6.07) is -0.304. The molecule has 0 unspecified atom stereocenters. The normalized spacial score (nSPS) is 25.5. The summed E-state index contributed by atoms with van der Waals surface area (Å²) >= 11 is 0. The minimum Gasteiger partial charge on any atom is -0.354 e. The first-order valence-electron chi connectivity index (χ1n) is 7.83. The Balaban J connectivity index is 1.69. The lowest BCUT2D eigenvalue weighted by Crippen LogP contribution is -2.45. The molecule has 1 saturated heterocycles. The molecule has 2 amide bonds. The van der Waals surface area contributed by atoms with E-state index in [9.17, 15) is 9.59 Å². The van der Waals surface area contributed by atoms with Gasteiger partial charge in [0, 0.05) is 13.0 Å². The number of hydrogen-bond donors (Lipinski definition) is 2. The lowest BCUT2D eigenvalue weighted by Gasteiger charge is -2.21. The summed E-state index contributed by atoms with van der Waals surface area (Å²) in [6.45, 7) is 0.743. The molecule has 1 aliphatic carbocycles. The van der Waals surface area contributed by atoms with Crippen LogP contribution in [0.5, 0.6) is 0 Å². The second-order valence-corrected chi connectivity index (χ2v) is 5.95. The van der Waals surface area contributed by atoms with Gasteiger partial charge in [0.2, 0.25) is 11.8 Å². The first kappa shape index (κ1) is 14.4. The molecule has 1 aliphatic heterocycles. The standard InChI is InChI=1S/C15H26N2O2/c18-14(10-9-12-6-2-1-3-7-12)17-13-8-4-5-11-16-15(13)19/h12-13H,1-11H2,(H,16,19)(H,17,18)/t13-/m1/s1. The van der Waals surface area contributed by atoms with Crippen LogP contribution in [0.25, 0.3) is 0 Å². The smallest absolute Gasteiger partial charge is 0.242 e. The van der Waals surface area contributed by atoms with Crippen LogP contribution in [0.3, 0.4) is 0 Å². The van der Waals surface area contributed by atoms with Crippen LogP contribution in [0, 0.1) is 5.92 Å². The molecule has 0 radical (unpaired) electrons. The number of amides is 2. The van der Waals surface area contributed by atoms with Gasteiger partial charge in [-0.05, 0) is 31.6 Å². The van der Waals surface area contributed by atoms with Crippen molar-refractivity contribution in [3.8, 4) is 0 Å². The topological polar surface area (TPSA) is 58.2 Å². The molecule has 4 nitrogen and oxygen atoms in total. The van der Waals surface area contributed by atoms with Gasteiger partial charge in [0.25, 0.3) is 0 Å². The summed E-state index contributed by atoms with van der Waals surface area (Å²) in [7, 11) is 0. The predicted molar refractivity (Wildman–Crippen MR) is 74.6 cm³/mol. The van der Waals surface area contributed by atoms with Crippen molar-refractivity contribution < 1.29 is 9.59 Å². The van der Waals surface area contributed by atoms with Crippen LogP contribution in [0.2, 0.25) is 0 Å². The van der Waals surface area contributed by atoms with E-state index >= 15 is 0 Å². The highest BCUT2D eigenvalue weighted by Crippen LogP contribution is 2.27. The Bertz CT molecular complexity index is 311. The fourth-order valence-corrected chi connectivity index (χ4v) is 3.15. The van der Waals surface area contributed by atoms with Crippen molar-refractivity contribution in [2.24, 2.45) is 5.92 Å². The number of rotatable bonds is 4. The molecule has 0 aromatic carbocycles. The van der Waals surface area contributed by atoms with E-state index < -0.39 is 0 Å². The SMILES string of the molecule is O=C(CCC1CCCCC1)N[C@@H]1CCCCNC1=O. The molecule has 2 rings (SSSR count). The molecule has 2 aliphatic rings. The molecule has 1 heterocycles. The van der Waals surface area contributed by atoms with Crippen LogP contribution in [-0.2, 0) is 9.59 Å². The summed E-state index contributed by atoms with van der Waals surface area (Å²) in [5.41, 5.74) is 0. The largest absolute Gasteiger partial charge is 0.354 e. The van der Waals surface area contributed by atoms with Crippen molar-refractivity contribution in [3.05, 3.63) is 0 Å². The molecule has 0 spiro atoms. The van der Waals surface area contributed by atoms with Gasteiger partial charge >= 0.3 is 0 Å². The van der Waals surface area contributed by atoms with Gasteiger partial charge in [-0.15, -0.1) is 0 Å². The van der Waals surface area contributed by atoms with E-state index in [1.807, 2.05) is 0 Å². The third-order valence-electron chi connectivity index (χ3n) is 4.37. The molecule has 1 saturated carbocycles. The van der Waals surface area contributed by atoms with Crippen molar-refractivity contribution in [2.75, 3.05) is 6.54 Å². The molecule has 19 heavy (non-hydrogen) atoms. The van der Waals surface area contributed by atoms with Gasteiger partial charge in [-0.2, -0.15) is 0 Å². The number of carbonyl (C=O) groups excluding carboxylic acids is 2. The van der Waals surface area contributed by atoms with Crippen LogP contribution in [0.1, 0.15) is 64.2 Å². The molecule has 2 N–H and O–H groups in total. The average molecular weight is 266 g/mol. The molecule has 0 aromatic rings. The Morgan fingerprint density at radius 1 is 1.11 bits per heavy atom. The van der Waals surface area contributed by atoms with Crippen molar-refractivity contribution in [1.82, 2.24) is 10.6 Å². The monoisotopic (exact) mass is 266 g/mol. The highest BCUT2D eigenvalue weighted by molar-refractivity contribution is 5.87. The molecule has 108 valence electrons.